The van der Waals surface area contributed by atoms with Crippen molar-refractivity contribution in [1.82, 2.24) is 0 Å². The highest BCUT2D eigenvalue weighted by molar-refractivity contribution is 7.99. The van der Waals surface area contributed by atoms with Gasteiger partial charge in [-0.15, -0.1) is 0 Å². The lowest BCUT2D eigenvalue weighted by molar-refractivity contribution is -0.145. The van der Waals surface area contributed by atoms with Gasteiger partial charge in [0.25, 0.3) is 0 Å². The number of carbonyl (C=O) groups is 2. The van der Waals surface area contributed by atoms with Gasteiger partial charge in [0, 0.05) is 28.8 Å². The van der Waals surface area contributed by atoms with Gasteiger partial charge in [0.05, 0.1) is 19.0 Å². The highest BCUT2D eigenvalue weighted by Gasteiger charge is 2.31. The van der Waals surface area contributed by atoms with E-state index >= 15 is 0 Å². The molecule has 0 aliphatic carbocycles. The van der Waals surface area contributed by atoms with Crippen LogP contribution in [0.4, 0.5) is 0 Å². The predicted octanol–water partition coefficient (Wildman–Crippen LogP) is 8.70. The van der Waals surface area contributed by atoms with Crippen molar-refractivity contribution in [3.63, 3.8) is 0 Å². The molecule has 0 spiro atoms. The number of thioether (sulfide) groups is 1. The average molecular weight is 834 g/mol. The summed E-state index contributed by atoms with van der Waals surface area (Å²) in [6.07, 6.45) is 2.52. The van der Waals surface area contributed by atoms with Gasteiger partial charge in [-0.1, -0.05) is 82.9 Å². The lowest BCUT2D eigenvalue weighted by Gasteiger charge is -2.15. The first-order valence-corrected chi connectivity index (χ1v) is 21.0. The molecule has 2 N–H and O–H groups in total. The van der Waals surface area contributed by atoms with Crippen molar-refractivity contribution < 1.29 is 47.2 Å². The molecule has 0 amide bonds. The fourth-order valence-corrected chi connectivity index (χ4v) is 7.06. The fourth-order valence-electron chi connectivity index (χ4n) is 4.67. The minimum Gasteiger partial charge on any atom is -0.493 e. The van der Waals surface area contributed by atoms with Crippen molar-refractivity contribution in [3.8, 4) is 17.2 Å². The average Bonchev–Trinajstić information content (AvgIpc) is 3.15. The van der Waals surface area contributed by atoms with E-state index in [1.807, 2.05) is 50.2 Å². The normalized spacial score (nSPS) is 12.3. The van der Waals surface area contributed by atoms with Gasteiger partial charge in [0.1, 0.15) is 23.9 Å². The molecule has 14 heteroatoms. The molecule has 296 valence electrons. The SMILES string of the molecule is Cc1ccc(OCCSCCC(Oc2ccc(C)cc2)C(=O)O)cc1.O=C(O)C(CCOCCOc1ccc(Cl)cc1)S(=O)(=O)CC=Cc1ccc(Cl)cc1. The Morgan fingerprint density at radius 2 is 1.20 bits per heavy atom. The molecule has 0 saturated carbocycles. The van der Waals surface area contributed by atoms with Gasteiger partial charge in [-0.25, -0.2) is 13.2 Å². The van der Waals surface area contributed by atoms with Crippen LogP contribution in [0, 0.1) is 13.8 Å². The molecule has 0 fully saturated rings. The second-order valence-electron chi connectivity index (χ2n) is 12.1. The van der Waals surface area contributed by atoms with Crippen molar-refractivity contribution in [2.24, 2.45) is 0 Å². The van der Waals surface area contributed by atoms with Crippen molar-refractivity contribution in [2.45, 2.75) is 38.0 Å². The first-order valence-electron chi connectivity index (χ1n) is 17.4. The van der Waals surface area contributed by atoms with Gasteiger partial charge in [-0.2, -0.15) is 11.8 Å². The quantitative estimate of drug-likeness (QED) is 0.0734. The van der Waals surface area contributed by atoms with E-state index in [0.29, 0.717) is 40.3 Å². The summed E-state index contributed by atoms with van der Waals surface area (Å²) in [5, 5.41) is 18.3. The summed E-state index contributed by atoms with van der Waals surface area (Å²) in [5.74, 6) is 0.884. The van der Waals surface area contributed by atoms with Gasteiger partial charge >= 0.3 is 11.9 Å². The highest BCUT2D eigenvalue weighted by Crippen LogP contribution is 2.18. The van der Waals surface area contributed by atoms with Crippen LogP contribution in [-0.2, 0) is 24.2 Å². The molecular formula is C41H46Cl2O10S2. The van der Waals surface area contributed by atoms with E-state index in [0.717, 1.165) is 22.6 Å². The van der Waals surface area contributed by atoms with Crippen LogP contribution in [0.15, 0.2) is 103 Å². The summed E-state index contributed by atoms with van der Waals surface area (Å²) in [6, 6.07) is 29.0. The van der Waals surface area contributed by atoms with E-state index in [2.05, 4.69) is 0 Å². The van der Waals surface area contributed by atoms with Crippen LogP contribution in [-0.4, -0.2) is 85.6 Å². The third kappa shape index (κ3) is 18.3. The van der Waals surface area contributed by atoms with E-state index in [-0.39, 0.29) is 32.0 Å². The minimum atomic E-state index is -3.88. The van der Waals surface area contributed by atoms with Crippen molar-refractivity contribution in [3.05, 3.63) is 130 Å². The Morgan fingerprint density at radius 1 is 0.673 bits per heavy atom. The van der Waals surface area contributed by atoms with E-state index in [1.165, 1.54) is 11.6 Å². The Hall–Kier alpha value is -4.20. The predicted molar refractivity (Wildman–Crippen MR) is 220 cm³/mol. The number of aryl methyl sites for hydroxylation is 2. The maximum Gasteiger partial charge on any atom is 0.344 e. The molecule has 0 aromatic heterocycles. The molecule has 0 radical (unpaired) electrons. The largest absolute Gasteiger partial charge is 0.493 e. The first-order chi connectivity index (χ1) is 26.3. The third-order valence-corrected chi connectivity index (χ3v) is 11.1. The number of ether oxygens (including phenoxy) is 4. The zero-order valence-corrected chi connectivity index (χ0v) is 33.8. The number of benzene rings is 4. The van der Waals surface area contributed by atoms with Gasteiger partial charge < -0.3 is 29.2 Å². The van der Waals surface area contributed by atoms with Crippen LogP contribution < -0.4 is 14.2 Å². The molecule has 0 bridgehead atoms. The Kier molecular flexibility index (Phi) is 20.0. The molecule has 4 aromatic rings. The third-order valence-electron chi connectivity index (χ3n) is 7.67. The summed E-state index contributed by atoms with van der Waals surface area (Å²) < 4.78 is 46.8. The number of hydrogen-bond donors (Lipinski definition) is 2. The van der Waals surface area contributed by atoms with Gasteiger partial charge in [-0.3, -0.25) is 4.79 Å². The molecule has 2 unspecified atom stereocenters. The Bertz CT molecular complexity index is 1870. The Morgan fingerprint density at radius 3 is 1.76 bits per heavy atom. The van der Waals surface area contributed by atoms with Gasteiger partial charge in [-0.05, 0) is 92.2 Å². The van der Waals surface area contributed by atoms with E-state index in [4.69, 9.17) is 42.1 Å². The summed E-state index contributed by atoms with van der Waals surface area (Å²) >= 11 is 13.3. The number of aliphatic carboxylic acids is 2. The van der Waals surface area contributed by atoms with Crippen LogP contribution in [0.2, 0.25) is 10.0 Å². The molecule has 0 aliphatic heterocycles. The molecule has 55 heavy (non-hydrogen) atoms. The highest BCUT2D eigenvalue weighted by atomic mass is 35.5. The molecule has 4 aromatic carbocycles. The number of rotatable bonds is 22. The van der Waals surface area contributed by atoms with E-state index < -0.39 is 33.1 Å². The van der Waals surface area contributed by atoms with Crippen molar-refractivity contribution in [2.75, 3.05) is 43.7 Å². The Labute approximate surface area is 337 Å². The second-order valence-corrected chi connectivity index (χ2v) is 16.5. The smallest absolute Gasteiger partial charge is 0.344 e. The summed E-state index contributed by atoms with van der Waals surface area (Å²) in [6.45, 7) is 5.05. The van der Waals surface area contributed by atoms with Crippen molar-refractivity contribution >= 4 is 62.8 Å². The van der Waals surface area contributed by atoms with Gasteiger partial charge in [0.2, 0.25) is 0 Å². The van der Waals surface area contributed by atoms with Crippen LogP contribution in [0.3, 0.4) is 0 Å². The van der Waals surface area contributed by atoms with Gasteiger partial charge in [0.15, 0.2) is 21.2 Å². The van der Waals surface area contributed by atoms with E-state index in [1.54, 1.807) is 78.5 Å². The molecular weight excluding hydrogens is 787 g/mol. The molecule has 10 nitrogen and oxygen atoms in total. The van der Waals surface area contributed by atoms with E-state index in [9.17, 15) is 28.2 Å². The number of halogens is 2. The van der Waals surface area contributed by atoms with Crippen LogP contribution in [0.1, 0.15) is 29.5 Å². The molecule has 0 saturated heterocycles. The zero-order chi connectivity index (χ0) is 40.1. The Balaban J connectivity index is 0.000000300. The molecule has 4 rings (SSSR count). The summed E-state index contributed by atoms with van der Waals surface area (Å²) in [7, 11) is -3.88. The van der Waals surface area contributed by atoms with Crippen LogP contribution in [0.25, 0.3) is 6.08 Å². The minimum absolute atomic E-state index is 0.0128. The summed E-state index contributed by atoms with van der Waals surface area (Å²) in [4.78, 5) is 22.8. The maximum absolute atomic E-state index is 12.4. The number of sulfone groups is 1. The van der Waals surface area contributed by atoms with Crippen LogP contribution in [0.5, 0.6) is 17.2 Å². The number of carboxylic acid groups (broad SMARTS) is 2. The monoisotopic (exact) mass is 832 g/mol. The standard InChI is InChI=1S/C21H22Cl2O6S.C20H24O4S/c22-17-5-3-16(4-6-17)2-1-15-30(26,27)20(21(24)25)11-12-28-13-14-29-19-9-7-18(23)8-10-19;1-15-3-7-17(8-4-15)23-12-14-25-13-11-19(20(21)22)24-18-9-5-16(2)6-10-18/h1-10,20H,11-15H2,(H,24,25);3-10,19H,11-14H2,1-2H3,(H,21,22). The molecule has 0 aliphatic rings. The molecule has 2 atom stereocenters. The fraction of sp³-hybridized carbons (Fsp3) is 0.317. The lowest BCUT2D eigenvalue weighted by Crippen LogP contribution is -2.33. The molecule has 0 heterocycles. The zero-order valence-electron chi connectivity index (χ0n) is 30.6. The lowest BCUT2D eigenvalue weighted by atomic mass is 10.2. The number of carboxylic acids is 2. The van der Waals surface area contributed by atoms with Crippen LogP contribution >= 0.6 is 35.0 Å². The topological polar surface area (TPSA) is 146 Å². The second kappa shape index (κ2) is 24.3. The summed E-state index contributed by atoms with van der Waals surface area (Å²) in [5.41, 5.74) is 3.09. The number of hydrogen-bond acceptors (Lipinski definition) is 9. The van der Waals surface area contributed by atoms with Crippen molar-refractivity contribution in [1.29, 1.82) is 0 Å². The first kappa shape index (κ1) is 45.2. The maximum atomic E-state index is 12.4.